The summed E-state index contributed by atoms with van der Waals surface area (Å²) in [4.78, 5) is 17.1. The fourth-order valence-electron chi connectivity index (χ4n) is 2.15. The van der Waals surface area contributed by atoms with E-state index in [1.807, 2.05) is 0 Å². The van der Waals surface area contributed by atoms with Gasteiger partial charge in [-0.25, -0.2) is 8.78 Å². The second-order valence-corrected chi connectivity index (χ2v) is 6.54. The molecule has 0 aliphatic heterocycles. The molecule has 0 saturated heterocycles. The van der Waals surface area contributed by atoms with Crippen LogP contribution in [0, 0.1) is 11.6 Å². The fraction of sp³-hybridized carbons (Fsp3) is 0.167. The number of amides is 1. The summed E-state index contributed by atoms with van der Waals surface area (Å²) in [5.74, 6) is -0.133. The molecule has 5 nitrogen and oxygen atoms in total. The monoisotopic (exact) mass is 375 g/mol. The van der Waals surface area contributed by atoms with Crippen LogP contribution < -0.4 is 5.32 Å². The van der Waals surface area contributed by atoms with Crippen LogP contribution in [-0.4, -0.2) is 21.8 Å². The summed E-state index contributed by atoms with van der Waals surface area (Å²) >= 11 is 1.30. The number of carbonyl (C=O) groups is 1. The van der Waals surface area contributed by atoms with Gasteiger partial charge in [0.05, 0.1) is 5.75 Å². The van der Waals surface area contributed by atoms with E-state index in [1.54, 1.807) is 31.2 Å². The maximum atomic E-state index is 13.0. The van der Waals surface area contributed by atoms with Gasteiger partial charge in [0.1, 0.15) is 17.7 Å². The van der Waals surface area contributed by atoms with E-state index in [0.717, 1.165) is 4.90 Å². The lowest BCUT2D eigenvalue weighted by Crippen LogP contribution is -2.28. The molecule has 2 aromatic carbocycles. The predicted octanol–water partition coefficient (Wildman–Crippen LogP) is 3.98. The van der Waals surface area contributed by atoms with Crippen LogP contribution in [-0.2, 0) is 4.79 Å². The van der Waals surface area contributed by atoms with Crippen LogP contribution in [0.2, 0.25) is 0 Å². The zero-order chi connectivity index (χ0) is 18.5. The van der Waals surface area contributed by atoms with E-state index in [9.17, 15) is 13.6 Å². The van der Waals surface area contributed by atoms with Crippen LogP contribution in [0.5, 0.6) is 0 Å². The Labute approximate surface area is 152 Å². The van der Waals surface area contributed by atoms with Crippen LogP contribution in [0.15, 0.2) is 57.9 Å². The van der Waals surface area contributed by atoms with Crippen molar-refractivity contribution in [2.45, 2.75) is 17.9 Å². The van der Waals surface area contributed by atoms with Crippen molar-refractivity contribution in [3.05, 3.63) is 66.1 Å². The molecule has 0 saturated carbocycles. The normalized spacial score (nSPS) is 12.0. The molecule has 134 valence electrons. The Morgan fingerprint density at radius 3 is 2.38 bits per heavy atom. The molecule has 0 radical (unpaired) electrons. The largest absolute Gasteiger partial charge is 0.344 e. The first-order valence-corrected chi connectivity index (χ1v) is 8.77. The second-order valence-electron chi connectivity index (χ2n) is 5.49. The molecule has 1 atom stereocenters. The highest BCUT2D eigenvalue weighted by Gasteiger charge is 2.17. The highest BCUT2D eigenvalue weighted by Crippen LogP contribution is 2.20. The van der Waals surface area contributed by atoms with E-state index in [2.05, 4.69) is 15.5 Å². The number of carbonyl (C=O) groups excluding carboxylic acids is 1. The number of thioether (sulfide) groups is 1. The first kappa shape index (κ1) is 18.1. The third kappa shape index (κ3) is 4.66. The zero-order valence-corrected chi connectivity index (χ0v) is 14.6. The predicted molar refractivity (Wildman–Crippen MR) is 93.4 cm³/mol. The van der Waals surface area contributed by atoms with E-state index >= 15 is 0 Å². The van der Waals surface area contributed by atoms with Gasteiger partial charge in [-0.3, -0.25) is 4.79 Å². The molecule has 1 unspecified atom stereocenters. The van der Waals surface area contributed by atoms with Crippen LogP contribution >= 0.6 is 11.8 Å². The minimum atomic E-state index is -0.474. The molecular weight excluding hydrogens is 360 g/mol. The fourth-order valence-corrected chi connectivity index (χ4v) is 2.86. The first-order chi connectivity index (χ1) is 12.5. The lowest BCUT2D eigenvalue weighted by Gasteiger charge is -2.09. The van der Waals surface area contributed by atoms with Crippen molar-refractivity contribution in [2.24, 2.45) is 0 Å². The van der Waals surface area contributed by atoms with Gasteiger partial charge in [0, 0.05) is 10.5 Å². The Morgan fingerprint density at radius 2 is 1.73 bits per heavy atom. The standard InChI is InChI=1S/C18H15F2N3O2S/c1-11(21-16(24)10-26-15-8-6-14(20)7-9-15)18-22-17(23-25-18)12-2-4-13(19)5-3-12/h2-9,11H,10H2,1H3,(H,21,24). The number of hydrogen-bond acceptors (Lipinski definition) is 5. The van der Waals surface area contributed by atoms with Crippen molar-refractivity contribution in [1.82, 2.24) is 15.5 Å². The van der Waals surface area contributed by atoms with Crippen molar-refractivity contribution < 1.29 is 18.1 Å². The van der Waals surface area contributed by atoms with Gasteiger partial charge in [-0.2, -0.15) is 4.98 Å². The van der Waals surface area contributed by atoms with Crippen molar-refractivity contribution in [2.75, 3.05) is 5.75 Å². The minimum Gasteiger partial charge on any atom is -0.344 e. The van der Waals surface area contributed by atoms with Gasteiger partial charge < -0.3 is 9.84 Å². The Hall–Kier alpha value is -2.74. The molecule has 1 heterocycles. The number of hydrogen-bond donors (Lipinski definition) is 1. The summed E-state index contributed by atoms with van der Waals surface area (Å²) < 4.78 is 31.0. The smallest absolute Gasteiger partial charge is 0.249 e. The number of benzene rings is 2. The molecule has 0 aliphatic carbocycles. The van der Waals surface area contributed by atoms with Crippen molar-refractivity contribution in [3.8, 4) is 11.4 Å². The molecule has 1 aromatic heterocycles. The third-order valence-corrected chi connectivity index (χ3v) is 4.49. The summed E-state index contributed by atoms with van der Waals surface area (Å²) in [6.45, 7) is 1.72. The second kappa shape index (κ2) is 8.09. The molecule has 26 heavy (non-hydrogen) atoms. The summed E-state index contributed by atoms with van der Waals surface area (Å²) in [6, 6.07) is 11.2. The van der Waals surface area contributed by atoms with Gasteiger partial charge in [0.2, 0.25) is 17.6 Å². The SMILES string of the molecule is CC(NC(=O)CSc1ccc(F)cc1)c1nc(-c2ccc(F)cc2)no1. The molecular formula is C18H15F2N3O2S. The van der Waals surface area contributed by atoms with E-state index in [0.29, 0.717) is 11.4 Å². The lowest BCUT2D eigenvalue weighted by atomic mass is 10.2. The van der Waals surface area contributed by atoms with Crippen LogP contribution in [0.25, 0.3) is 11.4 Å². The average Bonchev–Trinajstić information content (AvgIpc) is 3.12. The third-order valence-electron chi connectivity index (χ3n) is 3.48. The number of aromatic nitrogens is 2. The van der Waals surface area contributed by atoms with Gasteiger partial charge in [0.15, 0.2) is 0 Å². The van der Waals surface area contributed by atoms with Gasteiger partial charge in [-0.05, 0) is 55.5 Å². The van der Waals surface area contributed by atoms with E-state index in [-0.39, 0.29) is 29.2 Å². The van der Waals surface area contributed by atoms with Gasteiger partial charge in [-0.1, -0.05) is 5.16 Å². The molecule has 0 bridgehead atoms. The lowest BCUT2D eigenvalue weighted by molar-refractivity contribution is -0.119. The molecule has 0 fully saturated rings. The Balaban J connectivity index is 1.55. The van der Waals surface area contributed by atoms with E-state index < -0.39 is 6.04 Å². The molecule has 1 amide bonds. The highest BCUT2D eigenvalue weighted by atomic mass is 32.2. The summed E-state index contributed by atoms with van der Waals surface area (Å²) in [7, 11) is 0. The van der Waals surface area contributed by atoms with Gasteiger partial charge >= 0.3 is 0 Å². The Kier molecular flexibility index (Phi) is 5.62. The molecule has 1 N–H and O–H groups in total. The highest BCUT2D eigenvalue weighted by molar-refractivity contribution is 8.00. The van der Waals surface area contributed by atoms with Gasteiger partial charge in [0.25, 0.3) is 0 Å². The quantitative estimate of drug-likeness (QED) is 0.660. The molecule has 8 heteroatoms. The maximum absolute atomic E-state index is 13.0. The number of nitrogens with zero attached hydrogens (tertiary/aromatic N) is 2. The molecule has 0 aliphatic rings. The average molecular weight is 375 g/mol. The minimum absolute atomic E-state index is 0.176. The number of rotatable bonds is 6. The van der Waals surface area contributed by atoms with E-state index in [1.165, 1.54) is 36.0 Å². The van der Waals surface area contributed by atoms with Gasteiger partial charge in [-0.15, -0.1) is 11.8 Å². The van der Waals surface area contributed by atoms with Crippen molar-refractivity contribution >= 4 is 17.7 Å². The summed E-state index contributed by atoms with van der Waals surface area (Å²) in [6.07, 6.45) is 0. The molecule has 3 aromatic rings. The van der Waals surface area contributed by atoms with Crippen LogP contribution in [0.1, 0.15) is 18.9 Å². The van der Waals surface area contributed by atoms with E-state index in [4.69, 9.17) is 4.52 Å². The Morgan fingerprint density at radius 1 is 1.12 bits per heavy atom. The molecule has 3 rings (SSSR count). The topological polar surface area (TPSA) is 68.0 Å². The van der Waals surface area contributed by atoms with Crippen LogP contribution in [0.3, 0.4) is 0 Å². The Bertz CT molecular complexity index is 882. The zero-order valence-electron chi connectivity index (χ0n) is 13.8. The van der Waals surface area contributed by atoms with Crippen molar-refractivity contribution in [3.63, 3.8) is 0 Å². The summed E-state index contributed by atoms with van der Waals surface area (Å²) in [5, 5.41) is 6.61. The molecule has 0 spiro atoms. The maximum Gasteiger partial charge on any atom is 0.249 e. The summed E-state index contributed by atoms with van der Waals surface area (Å²) in [5.41, 5.74) is 0.617. The van der Waals surface area contributed by atoms with Crippen LogP contribution in [0.4, 0.5) is 8.78 Å². The number of nitrogens with one attached hydrogen (secondary N) is 1. The first-order valence-electron chi connectivity index (χ1n) is 7.78. The number of halogens is 2. The van der Waals surface area contributed by atoms with Crippen molar-refractivity contribution in [1.29, 1.82) is 0 Å².